The lowest BCUT2D eigenvalue weighted by molar-refractivity contribution is -0.149. The minimum absolute atomic E-state index is 0.0429. The van der Waals surface area contributed by atoms with Crippen LogP contribution in [-0.2, 0) is 25.9 Å². The van der Waals surface area contributed by atoms with E-state index in [1.54, 1.807) is 27.0 Å². The predicted octanol–water partition coefficient (Wildman–Crippen LogP) is 2.93. The number of nitrogens with two attached hydrogens (primary N) is 1. The summed E-state index contributed by atoms with van der Waals surface area (Å²) in [5.74, 6) is 0.755. The highest BCUT2D eigenvalue weighted by Gasteiger charge is 2.32. The number of anilines is 2. The molecule has 0 saturated carbocycles. The molecule has 0 saturated heterocycles. The number of hydrogen-bond donors (Lipinski definition) is 5. The van der Waals surface area contributed by atoms with Crippen LogP contribution >= 0.6 is 7.60 Å². The smallest absolute Gasteiger partial charge is 0.325 e. The fourth-order valence-corrected chi connectivity index (χ4v) is 4.44. The third-order valence-corrected chi connectivity index (χ3v) is 7.04. The van der Waals surface area contributed by atoms with Gasteiger partial charge in [0.1, 0.15) is 11.6 Å². The summed E-state index contributed by atoms with van der Waals surface area (Å²) < 4.78 is 21.9. The molecule has 0 fully saturated rings. The second-order valence-corrected chi connectivity index (χ2v) is 11.3. The van der Waals surface area contributed by atoms with E-state index >= 15 is 0 Å². The van der Waals surface area contributed by atoms with Gasteiger partial charge in [0, 0.05) is 17.7 Å². The summed E-state index contributed by atoms with van der Waals surface area (Å²) in [5, 5.41) is 13.0. The number of aliphatic hydroxyl groups excluding tert-OH is 1. The third kappa shape index (κ3) is 8.67. The zero-order valence-electron chi connectivity index (χ0n) is 22.2. The number of ether oxygens (including phenoxy) is 2. The number of rotatable bonds is 14. The number of nitrogen functional groups attached to an aromatic ring is 1. The normalized spacial score (nSPS) is 12.8. The number of benzene rings is 1. The van der Waals surface area contributed by atoms with Crippen LogP contribution in [0.2, 0.25) is 0 Å². The number of aryl methyl sites for hydroxylation is 1. The molecule has 0 aliphatic rings. The monoisotopic (exact) mass is 538 g/mol. The molecule has 0 aliphatic carbocycles. The average Bonchev–Trinajstić information content (AvgIpc) is 2.82. The van der Waals surface area contributed by atoms with Crippen LogP contribution in [0.15, 0.2) is 18.2 Å². The lowest BCUT2D eigenvalue weighted by Gasteiger charge is -2.25. The van der Waals surface area contributed by atoms with Gasteiger partial charge in [0.25, 0.3) is 0 Å². The molecule has 1 unspecified atom stereocenters. The van der Waals surface area contributed by atoms with Crippen LogP contribution in [-0.4, -0.2) is 63.4 Å². The molecular formula is C25H39N4O7P. The molecule has 1 atom stereocenters. The van der Waals surface area contributed by atoms with Gasteiger partial charge in [0.2, 0.25) is 5.95 Å². The van der Waals surface area contributed by atoms with Gasteiger partial charge in [-0.2, -0.15) is 4.98 Å². The Kier molecular flexibility index (Phi) is 10.9. The van der Waals surface area contributed by atoms with E-state index < -0.39 is 19.0 Å². The van der Waals surface area contributed by atoms with Gasteiger partial charge >= 0.3 is 13.6 Å². The van der Waals surface area contributed by atoms with Crippen LogP contribution < -0.4 is 15.8 Å². The summed E-state index contributed by atoms with van der Waals surface area (Å²) in [7, 11) is -2.59. The molecule has 2 aromatic rings. The van der Waals surface area contributed by atoms with E-state index in [-0.39, 0.29) is 37.8 Å². The maximum absolute atomic E-state index is 12.8. The number of methoxy groups -OCH3 is 1. The standard InChI is InChI=1S/C25H39N4O7P/c1-6-8-19(15-30)28-22-20(16(2)27-24(26)29-22)13-17-9-10-18(14-21(17)35-5)25(3,4)23(31)36-11-7-12-37(32,33)34/h9-10,14,19,30H,6-8,11-13,15H2,1-5H3,(H2,32,33,34)(H3,26,27,28,29). The Labute approximate surface area is 218 Å². The van der Waals surface area contributed by atoms with Gasteiger partial charge in [-0.15, -0.1) is 0 Å². The van der Waals surface area contributed by atoms with E-state index in [1.165, 1.54) is 0 Å². The highest BCUT2D eigenvalue weighted by Crippen LogP contribution is 2.35. The summed E-state index contributed by atoms with van der Waals surface area (Å²) in [6.45, 7) is 7.20. The molecule has 37 heavy (non-hydrogen) atoms. The van der Waals surface area contributed by atoms with Crippen molar-refractivity contribution in [3.8, 4) is 5.75 Å². The number of esters is 1. The Balaban J connectivity index is 2.28. The number of aromatic nitrogens is 2. The molecule has 12 heteroatoms. The zero-order chi connectivity index (χ0) is 27.8. The van der Waals surface area contributed by atoms with E-state index in [0.717, 1.165) is 24.0 Å². The van der Waals surface area contributed by atoms with Crippen LogP contribution in [0, 0.1) is 6.92 Å². The number of aliphatic hydroxyl groups is 1. The lowest BCUT2D eigenvalue weighted by atomic mass is 9.83. The highest BCUT2D eigenvalue weighted by atomic mass is 31.2. The predicted molar refractivity (Wildman–Crippen MR) is 142 cm³/mol. The molecule has 0 amide bonds. The summed E-state index contributed by atoms with van der Waals surface area (Å²) in [5.41, 5.74) is 7.91. The minimum Gasteiger partial charge on any atom is -0.496 e. The van der Waals surface area contributed by atoms with Crippen LogP contribution in [0.5, 0.6) is 5.75 Å². The van der Waals surface area contributed by atoms with Crippen molar-refractivity contribution in [3.63, 3.8) is 0 Å². The molecule has 206 valence electrons. The van der Waals surface area contributed by atoms with Gasteiger partial charge < -0.3 is 35.4 Å². The van der Waals surface area contributed by atoms with E-state index in [2.05, 4.69) is 15.3 Å². The van der Waals surface area contributed by atoms with Gasteiger partial charge in [-0.1, -0.05) is 25.5 Å². The van der Waals surface area contributed by atoms with Crippen LogP contribution in [0.25, 0.3) is 0 Å². The Hall–Kier alpha value is -2.72. The second-order valence-electron chi connectivity index (χ2n) is 9.51. The van der Waals surface area contributed by atoms with Crippen molar-refractivity contribution in [1.29, 1.82) is 0 Å². The summed E-state index contributed by atoms with van der Waals surface area (Å²) in [6, 6.07) is 5.30. The number of nitrogens with zero attached hydrogens (tertiary/aromatic N) is 2. The topological polar surface area (TPSA) is 177 Å². The first kappa shape index (κ1) is 30.5. The Bertz CT molecular complexity index is 1120. The zero-order valence-corrected chi connectivity index (χ0v) is 23.0. The van der Waals surface area contributed by atoms with E-state index in [4.69, 9.17) is 25.0 Å². The molecule has 6 N–H and O–H groups in total. The van der Waals surface area contributed by atoms with Crippen LogP contribution in [0.1, 0.15) is 62.4 Å². The molecule has 1 aromatic heterocycles. The molecule has 0 bridgehead atoms. The second kappa shape index (κ2) is 13.2. The number of carbonyl (C=O) groups excluding carboxylic acids is 1. The Morgan fingerprint density at radius 2 is 1.97 bits per heavy atom. The Morgan fingerprint density at radius 1 is 1.27 bits per heavy atom. The first-order valence-corrected chi connectivity index (χ1v) is 14.0. The first-order chi connectivity index (χ1) is 17.3. The van der Waals surface area contributed by atoms with Gasteiger partial charge in [-0.25, -0.2) is 4.98 Å². The molecule has 2 rings (SSSR count). The van der Waals surface area contributed by atoms with E-state index in [1.807, 2.05) is 26.0 Å². The van der Waals surface area contributed by atoms with Crippen molar-refractivity contribution in [2.45, 2.75) is 64.8 Å². The minimum atomic E-state index is -4.13. The van der Waals surface area contributed by atoms with Crippen molar-refractivity contribution >= 4 is 25.3 Å². The maximum atomic E-state index is 12.8. The van der Waals surface area contributed by atoms with Crippen LogP contribution in [0.4, 0.5) is 11.8 Å². The summed E-state index contributed by atoms with van der Waals surface area (Å²) in [6.07, 6.45) is 1.82. The molecular weight excluding hydrogens is 499 g/mol. The van der Waals surface area contributed by atoms with Crippen molar-refractivity contribution in [2.24, 2.45) is 0 Å². The van der Waals surface area contributed by atoms with E-state index in [9.17, 15) is 14.5 Å². The Morgan fingerprint density at radius 3 is 2.57 bits per heavy atom. The molecule has 11 nitrogen and oxygen atoms in total. The number of hydrogen-bond acceptors (Lipinski definition) is 9. The quantitative estimate of drug-likeness (QED) is 0.136. The number of carbonyl (C=O) groups is 1. The van der Waals surface area contributed by atoms with Crippen molar-refractivity contribution in [3.05, 3.63) is 40.6 Å². The van der Waals surface area contributed by atoms with Crippen molar-refractivity contribution < 1.29 is 33.7 Å². The first-order valence-electron chi connectivity index (χ1n) is 12.2. The highest BCUT2D eigenvalue weighted by molar-refractivity contribution is 7.51. The molecule has 0 aliphatic heterocycles. The van der Waals surface area contributed by atoms with E-state index in [0.29, 0.717) is 29.2 Å². The fourth-order valence-electron chi connectivity index (χ4n) is 3.90. The molecule has 0 radical (unpaired) electrons. The van der Waals surface area contributed by atoms with Gasteiger partial charge in [-0.05, 0) is 50.8 Å². The van der Waals surface area contributed by atoms with Gasteiger partial charge in [0.15, 0.2) is 0 Å². The maximum Gasteiger partial charge on any atom is 0.325 e. The number of nitrogens with one attached hydrogen (secondary N) is 1. The fraction of sp³-hybridized carbons (Fsp3) is 0.560. The van der Waals surface area contributed by atoms with Crippen LogP contribution in [0.3, 0.4) is 0 Å². The SMILES string of the molecule is CCCC(CO)Nc1nc(N)nc(C)c1Cc1ccc(C(C)(C)C(=O)OCCCP(=O)(O)O)cc1OC. The largest absolute Gasteiger partial charge is 0.496 e. The summed E-state index contributed by atoms with van der Waals surface area (Å²) in [4.78, 5) is 39.4. The average molecular weight is 539 g/mol. The summed E-state index contributed by atoms with van der Waals surface area (Å²) >= 11 is 0. The molecule has 1 aromatic carbocycles. The van der Waals surface area contributed by atoms with Crippen molar-refractivity contribution in [1.82, 2.24) is 9.97 Å². The molecule has 1 heterocycles. The van der Waals surface area contributed by atoms with Crippen molar-refractivity contribution in [2.75, 3.05) is 37.5 Å². The van der Waals surface area contributed by atoms with Gasteiger partial charge in [-0.3, -0.25) is 9.36 Å². The molecule has 0 spiro atoms. The third-order valence-electron chi connectivity index (χ3n) is 6.14. The lowest BCUT2D eigenvalue weighted by Crippen LogP contribution is -2.31. The van der Waals surface area contributed by atoms with Gasteiger partial charge in [0.05, 0.1) is 37.9 Å².